The first-order valence-electron chi connectivity index (χ1n) is 6.87. The van der Waals surface area contributed by atoms with Crippen molar-refractivity contribution in [2.75, 3.05) is 19.6 Å². The van der Waals surface area contributed by atoms with E-state index in [4.69, 9.17) is 5.73 Å². The van der Waals surface area contributed by atoms with Gasteiger partial charge in [0.2, 0.25) is 0 Å². The highest BCUT2D eigenvalue weighted by Gasteiger charge is 2.24. The molecular formula is C15H21BrN2O. The summed E-state index contributed by atoms with van der Waals surface area (Å²) in [7, 11) is 0. The quantitative estimate of drug-likeness (QED) is 0.929. The molecule has 2 N–H and O–H groups in total. The molecule has 1 heterocycles. The topological polar surface area (TPSA) is 46.3 Å². The van der Waals surface area contributed by atoms with E-state index in [0.717, 1.165) is 54.5 Å². The van der Waals surface area contributed by atoms with Gasteiger partial charge < -0.3 is 10.6 Å². The summed E-state index contributed by atoms with van der Waals surface area (Å²) in [4.78, 5) is 14.5. The fourth-order valence-corrected chi connectivity index (χ4v) is 3.02. The second-order valence-corrected chi connectivity index (χ2v) is 6.19. The first-order chi connectivity index (χ1) is 9.11. The molecule has 0 bridgehead atoms. The van der Waals surface area contributed by atoms with Gasteiger partial charge in [0.1, 0.15) is 0 Å². The van der Waals surface area contributed by atoms with Crippen molar-refractivity contribution < 1.29 is 4.79 Å². The van der Waals surface area contributed by atoms with Crippen molar-refractivity contribution in [3.63, 3.8) is 0 Å². The molecule has 1 aliphatic heterocycles. The molecule has 3 nitrogen and oxygen atoms in total. The second kappa shape index (κ2) is 6.53. The van der Waals surface area contributed by atoms with Crippen LogP contribution in [0.15, 0.2) is 22.7 Å². The molecule has 1 saturated heterocycles. The Morgan fingerprint density at radius 2 is 2.11 bits per heavy atom. The van der Waals surface area contributed by atoms with E-state index in [1.807, 2.05) is 30.0 Å². The highest BCUT2D eigenvalue weighted by atomic mass is 79.9. The maximum atomic E-state index is 12.5. The third-order valence-corrected chi connectivity index (χ3v) is 4.40. The molecule has 1 aliphatic rings. The molecule has 19 heavy (non-hydrogen) atoms. The van der Waals surface area contributed by atoms with Gasteiger partial charge in [0.25, 0.3) is 5.91 Å². The van der Waals surface area contributed by atoms with Crippen LogP contribution in [-0.2, 0) is 0 Å². The third kappa shape index (κ3) is 3.57. The number of hydrogen-bond donors (Lipinski definition) is 1. The fraction of sp³-hybridized carbons (Fsp3) is 0.533. The molecule has 0 spiro atoms. The van der Waals surface area contributed by atoms with Crippen LogP contribution in [0.3, 0.4) is 0 Å². The van der Waals surface area contributed by atoms with Gasteiger partial charge in [-0.25, -0.2) is 0 Å². The van der Waals surface area contributed by atoms with E-state index in [2.05, 4.69) is 15.9 Å². The Morgan fingerprint density at radius 1 is 1.42 bits per heavy atom. The first kappa shape index (κ1) is 14.5. The van der Waals surface area contributed by atoms with Gasteiger partial charge in [-0.3, -0.25) is 4.79 Å². The zero-order valence-electron chi connectivity index (χ0n) is 11.4. The Balaban J connectivity index is 2.03. The van der Waals surface area contributed by atoms with Crippen LogP contribution in [0.2, 0.25) is 0 Å². The number of likely N-dealkylation sites (tertiary alicyclic amines) is 1. The van der Waals surface area contributed by atoms with Crippen LogP contribution in [-0.4, -0.2) is 30.4 Å². The number of benzene rings is 1. The Kier molecular flexibility index (Phi) is 4.99. The lowest BCUT2D eigenvalue weighted by Gasteiger charge is -2.32. The molecule has 0 unspecified atom stereocenters. The van der Waals surface area contributed by atoms with Crippen LogP contribution in [0.1, 0.15) is 35.2 Å². The van der Waals surface area contributed by atoms with Crippen molar-refractivity contribution in [2.45, 2.75) is 26.2 Å². The number of halogens is 1. The lowest BCUT2D eigenvalue weighted by Crippen LogP contribution is -2.39. The van der Waals surface area contributed by atoms with E-state index in [1.165, 1.54) is 0 Å². The predicted molar refractivity (Wildman–Crippen MR) is 81.2 cm³/mol. The van der Waals surface area contributed by atoms with Gasteiger partial charge in [-0.15, -0.1) is 0 Å². The maximum absolute atomic E-state index is 12.5. The Labute approximate surface area is 123 Å². The van der Waals surface area contributed by atoms with Gasteiger partial charge in [0.05, 0.1) is 0 Å². The standard InChI is InChI=1S/C15H21BrN2O/c1-11-2-3-13(16)10-14(11)15(19)18-8-5-12(4-7-17)6-9-18/h2-3,10,12H,4-9,17H2,1H3. The molecule has 4 heteroatoms. The number of nitrogens with two attached hydrogens (primary N) is 1. The van der Waals surface area contributed by atoms with Crippen LogP contribution in [0.5, 0.6) is 0 Å². The smallest absolute Gasteiger partial charge is 0.254 e. The molecule has 0 aromatic heterocycles. The molecule has 1 fully saturated rings. The molecule has 0 radical (unpaired) electrons. The maximum Gasteiger partial charge on any atom is 0.254 e. The van der Waals surface area contributed by atoms with Crippen LogP contribution < -0.4 is 5.73 Å². The molecular weight excluding hydrogens is 304 g/mol. The first-order valence-corrected chi connectivity index (χ1v) is 7.66. The summed E-state index contributed by atoms with van der Waals surface area (Å²) in [5.74, 6) is 0.850. The summed E-state index contributed by atoms with van der Waals surface area (Å²) < 4.78 is 0.958. The molecule has 0 saturated carbocycles. The lowest BCUT2D eigenvalue weighted by atomic mass is 9.93. The van der Waals surface area contributed by atoms with Gasteiger partial charge in [0.15, 0.2) is 0 Å². The highest BCUT2D eigenvalue weighted by molar-refractivity contribution is 9.10. The Morgan fingerprint density at radius 3 is 2.74 bits per heavy atom. The summed E-state index contributed by atoms with van der Waals surface area (Å²) in [5, 5.41) is 0. The van der Waals surface area contributed by atoms with Crippen LogP contribution in [0.4, 0.5) is 0 Å². The Bertz CT molecular complexity index is 453. The monoisotopic (exact) mass is 324 g/mol. The van der Waals surface area contributed by atoms with E-state index in [-0.39, 0.29) is 5.91 Å². The minimum Gasteiger partial charge on any atom is -0.339 e. The van der Waals surface area contributed by atoms with E-state index in [9.17, 15) is 4.79 Å². The van der Waals surface area contributed by atoms with Crippen LogP contribution in [0.25, 0.3) is 0 Å². The van der Waals surface area contributed by atoms with E-state index >= 15 is 0 Å². The number of aryl methyl sites for hydroxylation is 1. The summed E-state index contributed by atoms with van der Waals surface area (Å²) in [6.07, 6.45) is 3.24. The van der Waals surface area contributed by atoms with Crippen molar-refractivity contribution in [3.05, 3.63) is 33.8 Å². The normalized spacial score (nSPS) is 16.7. The molecule has 1 amide bonds. The summed E-state index contributed by atoms with van der Waals surface area (Å²) >= 11 is 3.43. The zero-order valence-corrected chi connectivity index (χ0v) is 12.9. The number of carbonyl (C=O) groups excluding carboxylic acids is 1. The molecule has 0 atom stereocenters. The molecule has 0 aliphatic carbocycles. The van der Waals surface area contributed by atoms with Crippen molar-refractivity contribution in [2.24, 2.45) is 11.7 Å². The number of carbonyl (C=O) groups is 1. The van der Waals surface area contributed by atoms with Crippen molar-refractivity contribution >= 4 is 21.8 Å². The zero-order chi connectivity index (χ0) is 13.8. The van der Waals surface area contributed by atoms with Crippen molar-refractivity contribution in [3.8, 4) is 0 Å². The lowest BCUT2D eigenvalue weighted by molar-refractivity contribution is 0.0687. The van der Waals surface area contributed by atoms with Gasteiger partial charge in [-0.2, -0.15) is 0 Å². The molecule has 104 valence electrons. The number of amides is 1. The van der Waals surface area contributed by atoms with Gasteiger partial charge in [0, 0.05) is 23.1 Å². The van der Waals surface area contributed by atoms with E-state index in [1.54, 1.807) is 0 Å². The summed E-state index contributed by atoms with van der Waals surface area (Å²) in [6, 6.07) is 5.88. The molecule has 1 aromatic rings. The largest absolute Gasteiger partial charge is 0.339 e. The Hall–Kier alpha value is -0.870. The number of piperidine rings is 1. The van der Waals surface area contributed by atoms with E-state index in [0.29, 0.717) is 5.92 Å². The van der Waals surface area contributed by atoms with Gasteiger partial charge >= 0.3 is 0 Å². The number of rotatable bonds is 3. The minimum absolute atomic E-state index is 0.157. The molecule has 2 rings (SSSR count). The van der Waals surface area contributed by atoms with Crippen LogP contribution >= 0.6 is 15.9 Å². The fourth-order valence-electron chi connectivity index (χ4n) is 2.66. The predicted octanol–water partition coefficient (Wildman–Crippen LogP) is 2.96. The second-order valence-electron chi connectivity index (χ2n) is 5.27. The van der Waals surface area contributed by atoms with Crippen molar-refractivity contribution in [1.29, 1.82) is 0 Å². The summed E-state index contributed by atoms with van der Waals surface area (Å²) in [5.41, 5.74) is 7.45. The van der Waals surface area contributed by atoms with Crippen LogP contribution in [0, 0.1) is 12.8 Å². The number of nitrogens with zero attached hydrogens (tertiary/aromatic N) is 1. The van der Waals surface area contributed by atoms with Gasteiger partial charge in [-0.05, 0) is 56.3 Å². The third-order valence-electron chi connectivity index (χ3n) is 3.91. The highest BCUT2D eigenvalue weighted by Crippen LogP contribution is 2.23. The van der Waals surface area contributed by atoms with Crippen molar-refractivity contribution in [1.82, 2.24) is 4.90 Å². The minimum atomic E-state index is 0.157. The molecule has 1 aromatic carbocycles. The van der Waals surface area contributed by atoms with Gasteiger partial charge in [-0.1, -0.05) is 22.0 Å². The SMILES string of the molecule is Cc1ccc(Br)cc1C(=O)N1CCC(CCN)CC1. The number of hydrogen-bond acceptors (Lipinski definition) is 2. The summed E-state index contributed by atoms with van der Waals surface area (Å²) in [6.45, 7) is 4.45. The average Bonchev–Trinajstić information content (AvgIpc) is 2.42. The van der Waals surface area contributed by atoms with E-state index < -0.39 is 0 Å². The average molecular weight is 325 g/mol.